The molecule has 20 heavy (non-hydrogen) atoms. The van der Waals surface area contributed by atoms with Crippen molar-refractivity contribution < 1.29 is 9.59 Å². The number of likely N-dealkylation sites (tertiary alicyclic amines) is 1. The topological polar surface area (TPSA) is 61.4 Å². The Balaban J connectivity index is 1.70. The van der Waals surface area contributed by atoms with E-state index in [9.17, 15) is 9.59 Å². The van der Waals surface area contributed by atoms with E-state index in [-0.39, 0.29) is 17.9 Å². The van der Waals surface area contributed by atoms with Gasteiger partial charge in [0.2, 0.25) is 5.91 Å². The predicted molar refractivity (Wildman–Crippen MR) is 78.3 cm³/mol. The van der Waals surface area contributed by atoms with E-state index in [0.717, 1.165) is 25.3 Å². The molecule has 3 amide bonds. The summed E-state index contributed by atoms with van der Waals surface area (Å²) in [5, 5.41) is 5.75. The smallest absolute Gasteiger partial charge is 0.317 e. The van der Waals surface area contributed by atoms with Crippen molar-refractivity contribution in [2.75, 3.05) is 19.6 Å². The number of fused-ring (bicyclic) bond motifs is 1. The number of rotatable bonds is 4. The van der Waals surface area contributed by atoms with E-state index < -0.39 is 0 Å². The lowest BCUT2D eigenvalue weighted by atomic mass is 9.92. The van der Waals surface area contributed by atoms with Gasteiger partial charge in [0.15, 0.2) is 0 Å². The quantitative estimate of drug-likeness (QED) is 0.771. The third kappa shape index (κ3) is 3.64. The van der Waals surface area contributed by atoms with Crippen molar-refractivity contribution in [3.8, 4) is 0 Å². The van der Waals surface area contributed by atoms with Crippen molar-refractivity contribution in [2.45, 2.75) is 52.0 Å². The van der Waals surface area contributed by atoms with Crippen LogP contribution in [0.15, 0.2) is 0 Å². The Morgan fingerprint density at radius 1 is 1.10 bits per heavy atom. The molecule has 2 rings (SSSR count). The maximum atomic E-state index is 12.2. The summed E-state index contributed by atoms with van der Waals surface area (Å²) >= 11 is 0. The third-order valence-electron chi connectivity index (χ3n) is 4.48. The van der Waals surface area contributed by atoms with Crippen molar-refractivity contribution in [1.82, 2.24) is 15.5 Å². The van der Waals surface area contributed by atoms with Gasteiger partial charge in [-0.25, -0.2) is 4.79 Å². The van der Waals surface area contributed by atoms with E-state index in [1.54, 1.807) is 0 Å². The first kappa shape index (κ1) is 15.1. The molecule has 1 saturated carbocycles. The summed E-state index contributed by atoms with van der Waals surface area (Å²) in [6.07, 6.45) is 6.09. The molecule has 2 fully saturated rings. The lowest BCUT2D eigenvalue weighted by Gasteiger charge is -2.37. The second-order valence-corrected chi connectivity index (χ2v) is 6.27. The molecule has 0 bridgehead atoms. The summed E-state index contributed by atoms with van der Waals surface area (Å²) in [6.45, 7) is 5.62. The number of nitrogens with zero attached hydrogens (tertiary/aromatic N) is 1. The first-order valence-electron chi connectivity index (χ1n) is 7.91. The van der Waals surface area contributed by atoms with Crippen LogP contribution in [0.4, 0.5) is 4.79 Å². The van der Waals surface area contributed by atoms with Crippen LogP contribution in [0.3, 0.4) is 0 Å². The lowest BCUT2D eigenvalue weighted by Crippen LogP contribution is -2.51. The van der Waals surface area contributed by atoms with Crippen LogP contribution in [-0.2, 0) is 4.79 Å². The van der Waals surface area contributed by atoms with Gasteiger partial charge in [0, 0.05) is 31.6 Å². The van der Waals surface area contributed by atoms with Gasteiger partial charge in [-0.15, -0.1) is 0 Å². The van der Waals surface area contributed by atoms with Gasteiger partial charge in [-0.3, -0.25) is 4.79 Å². The van der Waals surface area contributed by atoms with Crippen molar-refractivity contribution in [1.29, 1.82) is 0 Å². The molecule has 2 aliphatic rings. The molecule has 1 aliphatic heterocycles. The Hall–Kier alpha value is -1.26. The molecule has 1 heterocycles. The molecular weight excluding hydrogens is 254 g/mol. The van der Waals surface area contributed by atoms with Crippen LogP contribution in [0.1, 0.15) is 46.0 Å². The Kier molecular flexibility index (Phi) is 5.26. The molecule has 5 nitrogen and oxygen atoms in total. The van der Waals surface area contributed by atoms with Gasteiger partial charge in [-0.1, -0.05) is 20.3 Å². The van der Waals surface area contributed by atoms with E-state index in [1.165, 1.54) is 19.3 Å². The Morgan fingerprint density at radius 3 is 2.55 bits per heavy atom. The van der Waals surface area contributed by atoms with Gasteiger partial charge < -0.3 is 15.5 Å². The summed E-state index contributed by atoms with van der Waals surface area (Å²) in [4.78, 5) is 25.6. The van der Waals surface area contributed by atoms with Gasteiger partial charge in [0.25, 0.3) is 0 Å². The first-order valence-corrected chi connectivity index (χ1v) is 7.91. The highest BCUT2D eigenvalue weighted by atomic mass is 16.2. The average molecular weight is 281 g/mol. The molecule has 2 atom stereocenters. The zero-order chi connectivity index (χ0) is 14.5. The number of hydrogen-bond acceptors (Lipinski definition) is 2. The zero-order valence-corrected chi connectivity index (χ0v) is 12.7. The van der Waals surface area contributed by atoms with Crippen LogP contribution in [-0.4, -0.2) is 42.5 Å². The van der Waals surface area contributed by atoms with Crippen LogP contribution < -0.4 is 10.6 Å². The fourth-order valence-corrected chi connectivity index (χ4v) is 3.37. The summed E-state index contributed by atoms with van der Waals surface area (Å²) in [5.41, 5.74) is 0. The molecule has 0 aromatic carbocycles. The minimum atomic E-state index is -0.00737. The molecule has 1 aliphatic carbocycles. The summed E-state index contributed by atoms with van der Waals surface area (Å²) in [6, 6.07) is 0.495. The van der Waals surface area contributed by atoms with Gasteiger partial charge in [-0.2, -0.15) is 0 Å². The fraction of sp³-hybridized carbons (Fsp3) is 0.867. The molecule has 114 valence electrons. The Morgan fingerprint density at radius 2 is 1.80 bits per heavy atom. The second kappa shape index (κ2) is 6.95. The largest absolute Gasteiger partial charge is 0.354 e. The monoisotopic (exact) mass is 281 g/mol. The van der Waals surface area contributed by atoms with E-state index in [2.05, 4.69) is 10.6 Å². The average Bonchev–Trinajstić information content (AvgIpc) is 2.90. The third-order valence-corrected chi connectivity index (χ3v) is 4.48. The lowest BCUT2D eigenvalue weighted by molar-refractivity contribution is -0.123. The van der Waals surface area contributed by atoms with Gasteiger partial charge in [-0.05, 0) is 31.6 Å². The highest BCUT2D eigenvalue weighted by Gasteiger charge is 2.37. The summed E-state index contributed by atoms with van der Waals surface area (Å²) in [7, 11) is 0. The molecule has 0 spiro atoms. The molecule has 5 heteroatoms. The number of carbonyl (C=O) groups is 2. The SMILES string of the molecule is CC(C)C(=O)NCCNC(=O)N1CCC[C@H]2CCC[C@H]21. The standard InChI is InChI=1S/C15H27N3O2/c1-11(2)14(19)16-8-9-17-15(20)18-10-4-6-12-5-3-7-13(12)18/h11-13H,3-10H2,1-2H3,(H,16,19)(H,17,20)/t12-,13-/m1/s1. The fourth-order valence-electron chi connectivity index (χ4n) is 3.37. The van der Waals surface area contributed by atoms with Crippen LogP contribution in [0.25, 0.3) is 0 Å². The van der Waals surface area contributed by atoms with Gasteiger partial charge in [0.05, 0.1) is 0 Å². The second-order valence-electron chi connectivity index (χ2n) is 6.27. The maximum absolute atomic E-state index is 12.2. The summed E-state index contributed by atoms with van der Waals surface area (Å²) in [5.74, 6) is 0.746. The van der Waals surface area contributed by atoms with Crippen molar-refractivity contribution in [3.05, 3.63) is 0 Å². The molecule has 0 unspecified atom stereocenters. The highest BCUT2D eigenvalue weighted by Crippen LogP contribution is 2.36. The number of piperidine rings is 1. The van der Waals surface area contributed by atoms with E-state index >= 15 is 0 Å². The maximum Gasteiger partial charge on any atom is 0.317 e. The molecule has 2 N–H and O–H groups in total. The van der Waals surface area contributed by atoms with Crippen LogP contribution in [0.5, 0.6) is 0 Å². The first-order chi connectivity index (χ1) is 9.59. The molecule has 1 saturated heterocycles. The van der Waals surface area contributed by atoms with Gasteiger partial charge >= 0.3 is 6.03 Å². The van der Waals surface area contributed by atoms with E-state index in [1.807, 2.05) is 18.7 Å². The Bertz CT molecular complexity index is 357. The molecular formula is C15H27N3O2. The van der Waals surface area contributed by atoms with Gasteiger partial charge in [0.1, 0.15) is 0 Å². The van der Waals surface area contributed by atoms with Crippen LogP contribution >= 0.6 is 0 Å². The van der Waals surface area contributed by atoms with Crippen molar-refractivity contribution >= 4 is 11.9 Å². The molecule has 0 radical (unpaired) electrons. The van der Waals surface area contributed by atoms with Crippen molar-refractivity contribution in [3.63, 3.8) is 0 Å². The van der Waals surface area contributed by atoms with Crippen molar-refractivity contribution in [2.24, 2.45) is 11.8 Å². The zero-order valence-electron chi connectivity index (χ0n) is 12.7. The summed E-state index contributed by atoms with van der Waals surface area (Å²) < 4.78 is 0. The van der Waals surface area contributed by atoms with E-state index in [0.29, 0.717) is 19.1 Å². The Labute approximate surface area is 121 Å². The minimum absolute atomic E-state index is 0.00737. The number of carbonyl (C=O) groups excluding carboxylic acids is 2. The van der Waals surface area contributed by atoms with E-state index in [4.69, 9.17) is 0 Å². The predicted octanol–water partition coefficient (Wildman–Crippen LogP) is 1.73. The van der Waals surface area contributed by atoms with Crippen LogP contribution in [0.2, 0.25) is 0 Å². The van der Waals surface area contributed by atoms with Crippen LogP contribution in [0, 0.1) is 11.8 Å². The number of urea groups is 1. The highest BCUT2D eigenvalue weighted by molar-refractivity contribution is 5.78. The minimum Gasteiger partial charge on any atom is -0.354 e. The number of nitrogens with one attached hydrogen (secondary N) is 2. The molecule has 0 aromatic heterocycles. The number of amides is 3. The number of hydrogen-bond donors (Lipinski definition) is 2. The normalized spacial score (nSPS) is 25.4. The molecule has 0 aromatic rings.